The first-order chi connectivity index (χ1) is 9.72. The summed E-state index contributed by atoms with van der Waals surface area (Å²) in [6.07, 6.45) is 0. The van der Waals surface area contributed by atoms with E-state index in [2.05, 4.69) is 11.4 Å². The lowest BCUT2D eigenvalue weighted by Gasteiger charge is -2.14. The first-order valence-corrected chi connectivity index (χ1v) is 6.60. The van der Waals surface area contributed by atoms with E-state index in [4.69, 9.17) is 16.3 Å². The largest absolute Gasteiger partial charge is 0.380 e. The van der Waals surface area contributed by atoms with Crippen LogP contribution in [0.3, 0.4) is 0 Å². The minimum absolute atomic E-state index is 0.412. The zero-order valence-electron chi connectivity index (χ0n) is 11.1. The third-order valence-corrected chi connectivity index (χ3v) is 3.12. The van der Waals surface area contributed by atoms with Gasteiger partial charge in [0.2, 0.25) is 0 Å². The summed E-state index contributed by atoms with van der Waals surface area (Å²) in [5, 5.41) is 13.1. The van der Waals surface area contributed by atoms with Crippen LogP contribution in [0.2, 0.25) is 5.02 Å². The number of rotatable bonds is 5. The van der Waals surface area contributed by atoms with Crippen LogP contribution in [-0.4, -0.2) is 7.11 Å². The second kappa shape index (κ2) is 6.95. The molecule has 0 fully saturated rings. The summed E-state index contributed by atoms with van der Waals surface area (Å²) in [6.45, 7) is 0.569. The SMILES string of the molecule is COCc1ccc(C(C#N)Nc2cccc(Cl)c2)cc1. The molecule has 4 heteroatoms. The van der Waals surface area contributed by atoms with Crippen LogP contribution in [-0.2, 0) is 11.3 Å². The highest BCUT2D eigenvalue weighted by Crippen LogP contribution is 2.22. The summed E-state index contributed by atoms with van der Waals surface area (Å²) in [7, 11) is 1.66. The molecule has 0 heterocycles. The lowest BCUT2D eigenvalue weighted by Crippen LogP contribution is -2.08. The Morgan fingerprint density at radius 2 is 2.00 bits per heavy atom. The molecular formula is C16H15ClN2O. The Morgan fingerprint density at radius 3 is 2.60 bits per heavy atom. The molecule has 1 N–H and O–H groups in total. The predicted octanol–water partition coefficient (Wildman–Crippen LogP) is 4.16. The Bertz CT molecular complexity index is 605. The van der Waals surface area contributed by atoms with E-state index in [9.17, 15) is 5.26 Å². The third kappa shape index (κ3) is 3.74. The normalized spacial score (nSPS) is 11.7. The van der Waals surface area contributed by atoms with Gasteiger partial charge in [-0.05, 0) is 29.3 Å². The van der Waals surface area contributed by atoms with Crippen molar-refractivity contribution in [2.75, 3.05) is 12.4 Å². The van der Waals surface area contributed by atoms with Gasteiger partial charge in [-0.3, -0.25) is 0 Å². The van der Waals surface area contributed by atoms with Crippen molar-refractivity contribution in [3.8, 4) is 6.07 Å². The maximum Gasteiger partial charge on any atom is 0.140 e. The Labute approximate surface area is 123 Å². The van der Waals surface area contributed by atoms with Gasteiger partial charge in [-0.15, -0.1) is 0 Å². The number of hydrogen-bond donors (Lipinski definition) is 1. The molecule has 2 aromatic carbocycles. The van der Waals surface area contributed by atoms with Crippen LogP contribution in [0.15, 0.2) is 48.5 Å². The number of nitrogens with one attached hydrogen (secondary N) is 1. The van der Waals surface area contributed by atoms with Crippen molar-refractivity contribution in [2.45, 2.75) is 12.6 Å². The minimum atomic E-state index is -0.412. The number of hydrogen-bond acceptors (Lipinski definition) is 3. The van der Waals surface area contributed by atoms with Gasteiger partial charge in [-0.25, -0.2) is 0 Å². The Balaban J connectivity index is 2.14. The molecule has 0 bridgehead atoms. The molecule has 102 valence electrons. The number of nitrogens with zero attached hydrogens (tertiary/aromatic N) is 1. The van der Waals surface area contributed by atoms with E-state index in [1.807, 2.05) is 36.4 Å². The number of nitriles is 1. The van der Waals surface area contributed by atoms with Crippen LogP contribution >= 0.6 is 11.6 Å². The van der Waals surface area contributed by atoms with Crippen molar-refractivity contribution < 1.29 is 4.74 Å². The van der Waals surface area contributed by atoms with Crippen molar-refractivity contribution in [3.05, 3.63) is 64.7 Å². The second-order valence-electron chi connectivity index (χ2n) is 4.39. The van der Waals surface area contributed by atoms with Crippen LogP contribution in [0.25, 0.3) is 0 Å². The van der Waals surface area contributed by atoms with E-state index >= 15 is 0 Å². The lowest BCUT2D eigenvalue weighted by molar-refractivity contribution is 0.185. The van der Waals surface area contributed by atoms with Crippen LogP contribution in [0.1, 0.15) is 17.2 Å². The maximum atomic E-state index is 9.31. The monoisotopic (exact) mass is 286 g/mol. The molecule has 2 aromatic rings. The van der Waals surface area contributed by atoms with Gasteiger partial charge >= 0.3 is 0 Å². The van der Waals surface area contributed by atoms with Crippen molar-refractivity contribution in [3.63, 3.8) is 0 Å². The van der Waals surface area contributed by atoms with Gasteiger partial charge in [-0.2, -0.15) is 5.26 Å². The molecule has 0 aromatic heterocycles. The lowest BCUT2D eigenvalue weighted by atomic mass is 10.1. The zero-order chi connectivity index (χ0) is 14.4. The van der Waals surface area contributed by atoms with Gasteiger partial charge in [-0.1, -0.05) is 41.9 Å². The molecule has 0 aliphatic carbocycles. The summed E-state index contributed by atoms with van der Waals surface area (Å²) in [5.41, 5.74) is 2.81. The Kier molecular flexibility index (Phi) is 5.00. The molecule has 1 atom stereocenters. The smallest absolute Gasteiger partial charge is 0.140 e. The van der Waals surface area contributed by atoms with E-state index in [1.165, 1.54) is 0 Å². The van der Waals surface area contributed by atoms with Gasteiger partial charge in [0.25, 0.3) is 0 Å². The highest BCUT2D eigenvalue weighted by molar-refractivity contribution is 6.30. The molecule has 20 heavy (non-hydrogen) atoms. The molecule has 0 saturated carbocycles. The van der Waals surface area contributed by atoms with E-state index in [-0.39, 0.29) is 0 Å². The fraction of sp³-hybridized carbons (Fsp3) is 0.188. The summed E-state index contributed by atoms with van der Waals surface area (Å²) >= 11 is 5.94. The zero-order valence-corrected chi connectivity index (χ0v) is 11.9. The van der Waals surface area contributed by atoms with Crippen molar-refractivity contribution >= 4 is 17.3 Å². The highest BCUT2D eigenvalue weighted by Gasteiger charge is 2.10. The highest BCUT2D eigenvalue weighted by atomic mass is 35.5. The number of ether oxygens (including phenoxy) is 1. The molecule has 0 saturated heterocycles. The predicted molar refractivity (Wildman–Crippen MR) is 80.6 cm³/mol. The molecule has 1 unspecified atom stereocenters. The third-order valence-electron chi connectivity index (χ3n) is 2.89. The fourth-order valence-corrected chi connectivity index (χ4v) is 2.10. The number of methoxy groups -OCH3 is 1. The molecule has 0 radical (unpaired) electrons. The fourth-order valence-electron chi connectivity index (χ4n) is 1.91. The van der Waals surface area contributed by atoms with Gasteiger partial charge in [0.1, 0.15) is 6.04 Å². The maximum absolute atomic E-state index is 9.31. The molecule has 0 aliphatic rings. The average molecular weight is 287 g/mol. The topological polar surface area (TPSA) is 45.0 Å². The van der Waals surface area contributed by atoms with Gasteiger partial charge in [0.15, 0.2) is 0 Å². The van der Waals surface area contributed by atoms with Gasteiger partial charge in [0.05, 0.1) is 12.7 Å². The Hall–Kier alpha value is -2.02. The first-order valence-electron chi connectivity index (χ1n) is 6.22. The summed E-state index contributed by atoms with van der Waals surface area (Å²) in [6, 6.07) is 17.0. The average Bonchev–Trinajstić information content (AvgIpc) is 2.46. The van der Waals surface area contributed by atoms with Crippen LogP contribution in [0, 0.1) is 11.3 Å². The number of halogens is 1. The molecule has 2 rings (SSSR count). The van der Waals surface area contributed by atoms with Gasteiger partial charge in [0, 0.05) is 17.8 Å². The van der Waals surface area contributed by atoms with Crippen molar-refractivity contribution in [2.24, 2.45) is 0 Å². The van der Waals surface area contributed by atoms with E-state index < -0.39 is 6.04 Å². The summed E-state index contributed by atoms with van der Waals surface area (Å²) in [4.78, 5) is 0. The van der Waals surface area contributed by atoms with E-state index in [0.29, 0.717) is 11.6 Å². The van der Waals surface area contributed by atoms with Crippen molar-refractivity contribution in [1.29, 1.82) is 5.26 Å². The molecule has 0 aliphatic heterocycles. The second-order valence-corrected chi connectivity index (χ2v) is 4.83. The molecule has 3 nitrogen and oxygen atoms in total. The van der Waals surface area contributed by atoms with Gasteiger partial charge < -0.3 is 10.1 Å². The summed E-state index contributed by atoms with van der Waals surface area (Å²) < 4.78 is 5.07. The van der Waals surface area contributed by atoms with E-state index in [1.54, 1.807) is 19.2 Å². The Morgan fingerprint density at radius 1 is 1.25 bits per heavy atom. The van der Waals surface area contributed by atoms with Crippen LogP contribution in [0.5, 0.6) is 0 Å². The first kappa shape index (κ1) is 14.4. The summed E-state index contributed by atoms with van der Waals surface area (Å²) in [5.74, 6) is 0. The molecule has 0 spiro atoms. The van der Waals surface area contributed by atoms with Crippen LogP contribution in [0.4, 0.5) is 5.69 Å². The standard InChI is InChI=1S/C16H15ClN2O/c1-20-11-12-5-7-13(8-6-12)16(10-18)19-15-4-2-3-14(17)9-15/h2-9,16,19H,11H2,1H3. The molecular weight excluding hydrogens is 272 g/mol. The minimum Gasteiger partial charge on any atom is -0.380 e. The van der Waals surface area contributed by atoms with E-state index in [0.717, 1.165) is 16.8 Å². The quantitative estimate of drug-likeness (QED) is 0.897. The number of anilines is 1. The number of benzene rings is 2. The van der Waals surface area contributed by atoms with Crippen LogP contribution < -0.4 is 5.32 Å². The molecule has 0 amide bonds. The van der Waals surface area contributed by atoms with Crippen molar-refractivity contribution in [1.82, 2.24) is 0 Å².